The van der Waals surface area contributed by atoms with Gasteiger partial charge in [0.1, 0.15) is 0 Å². The molecule has 2 atom stereocenters. The van der Waals surface area contributed by atoms with Gasteiger partial charge in [-0.1, -0.05) is 0 Å². The van der Waals surface area contributed by atoms with E-state index in [0.717, 1.165) is 0 Å². The van der Waals surface area contributed by atoms with Crippen molar-refractivity contribution >= 4 is 23.6 Å². The lowest BCUT2D eigenvalue weighted by Gasteiger charge is -2.14. The molecule has 0 fully saturated rings. The SMILES string of the molecule is CSC(C)C(=O)NC(C)CC(=O)O. The third kappa shape index (κ3) is 5.52. The van der Waals surface area contributed by atoms with Gasteiger partial charge in [0.2, 0.25) is 5.91 Å². The Morgan fingerprint density at radius 3 is 2.38 bits per heavy atom. The van der Waals surface area contributed by atoms with Gasteiger partial charge in [-0.05, 0) is 20.1 Å². The molecule has 0 saturated carbocycles. The van der Waals surface area contributed by atoms with Crippen molar-refractivity contribution in [3.63, 3.8) is 0 Å². The highest BCUT2D eigenvalue weighted by atomic mass is 32.2. The first-order valence-corrected chi connectivity index (χ1v) is 5.31. The first-order valence-electron chi connectivity index (χ1n) is 4.02. The van der Waals surface area contributed by atoms with Crippen molar-refractivity contribution in [3.05, 3.63) is 0 Å². The van der Waals surface area contributed by atoms with E-state index in [1.807, 2.05) is 6.26 Å². The summed E-state index contributed by atoms with van der Waals surface area (Å²) in [7, 11) is 0. The summed E-state index contributed by atoms with van der Waals surface area (Å²) in [5.74, 6) is -1.01. The largest absolute Gasteiger partial charge is 0.481 e. The van der Waals surface area contributed by atoms with Crippen LogP contribution in [0.4, 0.5) is 0 Å². The zero-order valence-electron chi connectivity index (χ0n) is 8.03. The van der Waals surface area contributed by atoms with Crippen LogP contribution in [-0.4, -0.2) is 34.5 Å². The van der Waals surface area contributed by atoms with Crippen LogP contribution < -0.4 is 5.32 Å². The fraction of sp³-hybridized carbons (Fsp3) is 0.750. The fourth-order valence-corrected chi connectivity index (χ4v) is 1.06. The van der Waals surface area contributed by atoms with E-state index in [9.17, 15) is 9.59 Å². The average molecular weight is 205 g/mol. The number of nitrogens with one attached hydrogen (secondary N) is 1. The molecule has 0 heterocycles. The molecule has 0 spiro atoms. The van der Waals surface area contributed by atoms with Crippen molar-refractivity contribution in [1.29, 1.82) is 0 Å². The van der Waals surface area contributed by atoms with Crippen LogP contribution in [0, 0.1) is 0 Å². The molecule has 0 aliphatic rings. The predicted molar refractivity (Wildman–Crippen MR) is 52.8 cm³/mol. The van der Waals surface area contributed by atoms with Gasteiger partial charge in [-0.2, -0.15) is 11.8 Å². The Hall–Kier alpha value is -0.710. The van der Waals surface area contributed by atoms with E-state index < -0.39 is 5.97 Å². The highest BCUT2D eigenvalue weighted by Gasteiger charge is 2.15. The summed E-state index contributed by atoms with van der Waals surface area (Å²) in [4.78, 5) is 21.5. The lowest BCUT2D eigenvalue weighted by molar-refractivity contribution is -0.137. The van der Waals surface area contributed by atoms with Crippen LogP contribution in [-0.2, 0) is 9.59 Å². The monoisotopic (exact) mass is 205 g/mol. The molecule has 2 N–H and O–H groups in total. The minimum Gasteiger partial charge on any atom is -0.481 e. The van der Waals surface area contributed by atoms with Crippen LogP contribution in [0.5, 0.6) is 0 Å². The van der Waals surface area contributed by atoms with Gasteiger partial charge in [-0.25, -0.2) is 0 Å². The zero-order chi connectivity index (χ0) is 10.4. The van der Waals surface area contributed by atoms with Gasteiger partial charge in [-0.3, -0.25) is 9.59 Å². The second-order valence-corrected chi connectivity index (χ2v) is 4.06. The molecule has 1 amide bonds. The number of carbonyl (C=O) groups is 2. The molecular formula is C8H15NO3S. The summed E-state index contributed by atoms with van der Waals surface area (Å²) < 4.78 is 0. The third-order valence-electron chi connectivity index (χ3n) is 1.59. The van der Waals surface area contributed by atoms with Crippen LogP contribution in [0.15, 0.2) is 0 Å². The number of hydrogen-bond acceptors (Lipinski definition) is 3. The van der Waals surface area contributed by atoms with Gasteiger partial charge in [0.05, 0.1) is 11.7 Å². The van der Waals surface area contributed by atoms with Crippen LogP contribution >= 0.6 is 11.8 Å². The second-order valence-electron chi connectivity index (χ2n) is 2.89. The van der Waals surface area contributed by atoms with Gasteiger partial charge in [0, 0.05) is 6.04 Å². The number of aliphatic carboxylic acids is 1. The molecule has 76 valence electrons. The number of rotatable bonds is 5. The Morgan fingerprint density at radius 2 is 2.00 bits per heavy atom. The molecule has 0 bridgehead atoms. The van der Waals surface area contributed by atoms with Gasteiger partial charge in [-0.15, -0.1) is 0 Å². The van der Waals surface area contributed by atoms with Gasteiger partial charge < -0.3 is 10.4 Å². The predicted octanol–water partition coefficient (Wildman–Crippen LogP) is 0.717. The van der Waals surface area contributed by atoms with Crippen molar-refractivity contribution in [3.8, 4) is 0 Å². The molecule has 0 aromatic rings. The van der Waals surface area contributed by atoms with Gasteiger partial charge in [0.15, 0.2) is 0 Å². The molecule has 0 aromatic heterocycles. The Balaban J connectivity index is 3.84. The number of carboxylic acids is 1. The van der Waals surface area contributed by atoms with E-state index in [0.29, 0.717) is 0 Å². The van der Waals surface area contributed by atoms with Crippen LogP contribution in [0.3, 0.4) is 0 Å². The van der Waals surface area contributed by atoms with Crippen LogP contribution in [0.2, 0.25) is 0 Å². The minimum absolute atomic E-state index is 0.0349. The third-order valence-corrected chi connectivity index (χ3v) is 2.51. The summed E-state index contributed by atoms with van der Waals surface area (Å²) in [6.07, 6.45) is 1.80. The highest BCUT2D eigenvalue weighted by Crippen LogP contribution is 2.05. The first kappa shape index (κ1) is 12.3. The maximum atomic E-state index is 11.2. The van der Waals surface area contributed by atoms with Crippen LogP contribution in [0.25, 0.3) is 0 Å². The molecule has 4 nitrogen and oxygen atoms in total. The van der Waals surface area contributed by atoms with E-state index in [1.54, 1.807) is 13.8 Å². The van der Waals surface area contributed by atoms with E-state index >= 15 is 0 Å². The van der Waals surface area contributed by atoms with E-state index in [-0.39, 0.29) is 23.6 Å². The number of thioether (sulfide) groups is 1. The lowest BCUT2D eigenvalue weighted by atomic mass is 10.2. The topological polar surface area (TPSA) is 66.4 Å². The zero-order valence-corrected chi connectivity index (χ0v) is 8.85. The molecule has 0 aliphatic heterocycles. The van der Waals surface area contributed by atoms with Crippen LogP contribution in [0.1, 0.15) is 20.3 Å². The van der Waals surface area contributed by atoms with Crippen molar-refractivity contribution in [2.45, 2.75) is 31.6 Å². The van der Waals surface area contributed by atoms with Gasteiger partial charge >= 0.3 is 5.97 Å². The van der Waals surface area contributed by atoms with E-state index in [2.05, 4.69) is 5.32 Å². The van der Waals surface area contributed by atoms with Crippen molar-refractivity contribution < 1.29 is 14.7 Å². The van der Waals surface area contributed by atoms with E-state index in [4.69, 9.17) is 5.11 Å². The molecule has 5 heteroatoms. The summed E-state index contributed by atoms with van der Waals surface area (Å²) in [5, 5.41) is 10.9. The second kappa shape index (κ2) is 5.85. The maximum absolute atomic E-state index is 11.2. The van der Waals surface area contributed by atoms with Crippen molar-refractivity contribution in [1.82, 2.24) is 5.32 Å². The Bertz CT molecular complexity index is 196. The van der Waals surface area contributed by atoms with Gasteiger partial charge in [0.25, 0.3) is 0 Å². The Labute approximate surface area is 82.1 Å². The lowest BCUT2D eigenvalue weighted by Crippen LogP contribution is -2.38. The molecule has 0 saturated heterocycles. The smallest absolute Gasteiger partial charge is 0.305 e. The maximum Gasteiger partial charge on any atom is 0.305 e. The minimum atomic E-state index is -0.899. The van der Waals surface area contributed by atoms with E-state index in [1.165, 1.54) is 11.8 Å². The Kier molecular flexibility index (Phi) is 5.53. The summed E-state index contributed by atoms with van der Waals surface area (Å²) in [6.45, 7) is 3.46. The Morgan fingerprint density at radius 1 is 1.46 bits per heavy atom. The molecule has 0 rings (SSSR count). The normalized spacial score (nSPS) is 14.7. The molecule has 2 unspecified atom stereocenters. The van der Waals surface area contributed by atoms with Crippen molar-refractivity contribution in [2.75, 3.05) is 6.26 Å². The molecule has 0 aromatic carbocycles. The highest BCUT2D eigenvalue weighted by molar-refractivity contribution is 7.99. The molecular weight excluding hydrogens is 190 g/mol. The molecule has 0 aliphatic carbocycles. The fourth-order valence-electron chi connectivity index (χ4n) is 0.780. The molecule has 13 heavy (non-hydrogen) atoms. The van der Waals surface area contributed by atoms with Crippen molar-refractivity contribution in [2.24, 2.45) is 0 Å². The number of carboxylic acid groups (broad SMARTS) is 1. The summed E-state index contributed by atoms with van der Waals surface area (Å²) >= 11 is 1.43. The standard InChI is InChI=1S/C8H15NO3S/c1-5(4-7(10)11)9-8(12)6(2)13-3/h5-6H,4H2,1-3H3,(H,9,12)(H,10,11). The number of carbonyl (C=O) groups excluding carboxylic acids is 1. The molecule has 0 radical (unpaired) electrons. The number of amides is 1. The first-order chi connectivity index (χ1) is 5.97. The summed E-state index contributed by atoms with van der Waals surface area (Å²) in [5.41, 5.74) is 0. The number of hydrogen-bond donors (Lipinski definition) is 2. The average Bonchev–Trinajstić information content (AvgIpc) is 2.01. The quantitative estimate of drug-likeness (QED) is 0.694. The summed E-state index contributed by atoms with van der Waals surface area (Å²) in [6, 6.07) is -0.306.